The number of hydrogen-bond acceptors (Lipinski definition) is 6. The lowest BCUT2D eigenvalue weighted by Crippen LogP contribution is -2.45. The van der Waals surface area contributed by atoms with Crippen molar-refractivity contribution in [3.05, 3.63) is 33.5 Å². The molecule has 0 fully saturated rings. The van der Waals surface area contributed by atoms with Crippen LogP contribution in [0.3, 0.4) is 0 Å². The highest BCUT2D eigenvalue weighted by atomic mass is 32.1. The molecule has 0 aliphatic rings. The summed E-state index contributed by atoms with van der Waals surface area (Å²) in [7, 11) is 0. The minimum atomic E-state index is -0.447. The second-order valence-corrected chi connectivity index (χ2v) is 7.32. The maximum atomic E-state index is 11.9. The van der Waals surface area contributed by atoms with Crippen LogP contribution < -0.4 is 16.4 Å². The minimum Gasteiger partial charge on any atom is -0.354 e. The van der Waals surface area contributed by atoms with Gasteiger partial charge in [-0.25, -0.2) is 4.98 Å². The van der Waals surface area contributed by atoms with Gasteiger partial charge in [0.15, 0.2) is 5.13 Å². The predicted octanol–water partition coefficient (Wildman–Crippen LogP) is 1.85. The topological polar surface area (TPSA) is 97.1 Å². The third-order valence-corrected chi connectivity index (χ3v) is 4.28. The number of aromatic nitrogens is 1. The molecule has 0 unspecified atom stereocenters. The van der Waals surface area contributed by atoms with Crippen LogP contribution in [-0.4, -0.2) is 28.9 Å². The van der Waals surface area contributed by atoms with Gasteiger partial charge in [-0.15, -0.1) is 22.7 Å². The molecule has 2 amide bonds. The van der Waals surface area contributed by atoms with Crippen LogP contribution in [0.25, 0.3) is 0 Å². The molecule has 0 saturated carbocycles. The number of nitrogens with two attached hydrogens (primary N) is 1. The van der Waals surface area contributed by atoms with Gasteiger partial charge in [0.2, 0.25) is 5.91 Å². The number of carbonyl (C=O) groups is 2. The zero-order valence-corrected chi connectivity index (χ0v) is 14.0. The summed E-state index contributed by atoms with van der Waals surface area (Å²) in [6.07, 6.45) is 0.168. The smallest absolute Gasteiger partial charge is 0.267 e. The number of nitrogens with one attached hydrogen (secondary N) is 2. The fourth-order valence-corrected chi connectivity index (χ4v) is 2.89. The molecule has 0 aliphatic carbocycles. The van der Waals surface area contributed by atoms with Gasteiger partial charge in [-0.05, 0) is 25.3 Å². The SMILES string of the molecule is CC(C)(N)CNC(=O)Cc1csc(NC(=O)c2cccs2)n1. The molecular weight excluding hydrogens is 320 g/mol. The number of rotatable bonds is 6. The summed E-state index contributed by atoms with van der Waals surface area (Å²) < 4.78 is 0. The standard InChI is InChI=1S/C14H18N4O2S2/c1-14(2,15)8-16-11(19)6-9-7-22-13(17-9)18-12(20)10-4-3-5-21-10/h3-5,7H,6,8,15H2,1-2H3,(H,16,19)(H,17,18,20). The molecular formula is C14H18N4O2S2. The van der Waals surface area contributed by atoms with E-state index in [0.717, 1.165) is 0 Å². The number of hydrogen-bond donors (Lipinski definition) is 3. The van der Waals surface area contributed by atoms with E-state index < -0.39 is 5.54 Å². The lowest BCUT2D eigenvalue weighted by atomic mass is 10.1. The molecule has 2 aromatic heterocycles. The largest absolute Gasteiger partial charge is 0.354 e. The van der Waals surface area contributed by atoms with Crippen molar-refractivity contribution in [3.63, 3.8) is 0 Å². The normalized spacial score (nSPS) is 11.2. The highest BCUT2D eigenvalue weighted by molar-refractivity contribution is 7.14. The Kier molecular flexibility index (Phi) is 5.28. The van der Waals surface area contributed by atoms with Gasteiger partial charge in [0.1, 0.15) is 0 Å². The Balaban J connectivity index is 1.86. The molecule has 2 heterocycles. The van der Waals surface area contributed by atoms with Gasteiger partial charge < -0.3 is 11.1 Å². The van der Waals surface area contributed by atoms with E-state index in [1.807, 2.05) is 25.3 Å². The molecule has 0 atom stereocenters. The third-order valence-electron chi connectivity index (χ3n) is 2.60. The molecule has 4 N–H and O–H groups in total. The average Bonchev–Trinajstić information content (AvgIpc) is 3.07. The van der Waals surface area contributed by atoms with Crippen LogP contribution in [0, 0.1) is 0 Å². The fraction of sp³-hybridized carbons (Fsp3) is 0.357. The summed E-state index contributed by atoms with van der Waals surface area (Å²) in [5, 5.41) is 9.57. The summed E-state index contributed by atoms with van der Waals surface area (Å²) in [6.45, 7) is 4.08. The second kappa shape index (κ2) is 6.99. The molecule has 0 aliphatic heterocycles. The quantitative estimate of drug-likeness (QED) is 0.749. The molecule has 8 heteroatoms. The number of thiazole rings is 1. The number of nitrogens with zero attached hydrogens (tertiary/aromatic N) is 1. The summed E-state index contributed by atoms with van der Waals surface area (Å²) >= 11 is 2.66. The third kappa shape index (κ3) is 5.21. The van der Waals surface area contributed by atoms with E-state index in [-0.39, 0.29) is 18.2 Å². The van der Waals surface area contributed by atoms with Crippen molar-refractivity contribution in [2.75, 3.05) is 11.9 Å². The molecule has 0 bridgehead atoms. The molecule has 0 radical (unpaired) electrons. The van der Waals surface area contributed by atoms with Crippen LogP contribution in [-0.2, 0) is 11.2 Å². The first-order valence-electron chi connectivity index (χ1n) is 6.68. The van der Waals surface area contributed by atoms with E-state index in [1.54, 1.807) is 11.4 Å². The summed E-state index contributed by atoms with van der Waals surface area (Å²) in [5.41, 5.74) is 5.98. The lowest BCUT2D eigenvalue weighted by Gasteiger charge is -2.18. The van der Waals surface area contributed by atoms with Crippen LogP contribution in [0.4, 0.5) is 5.13 Å². The fourth-order valence-electron chi connectivity index (χ4n) is 1.57. The van der Waals surface area contributed by atoms with Crippen molar-refractivity contribution in [2.24, 2.45) is 5.73 Å². The maximum Gasteiger partial charge on any atom is 0.267 e. The number of carbonyl (C=O) groups excluding carboxylic acids is 2. The van der Waals surface area contributed by atoms with Crippen molar-refractivity contribution >= 4 is 39.6 Å². The Morgan fingerprint density at radius 1 is 1.36 bits per heavy atom. The first kappa shape index (κ1) is 16.6. The highest BCUT2D eigenvalue weighted by Crippen LogP contribution is 2.18. The molecule has 0 aromatic carbocycles. The second-order valence-electron chi connectivity index (χ2n) is 5.52. The van der Waals surface area contributed by atoms with Gasteiger partial charge in [-0.1, -0.05) is 6.07 Å². The lowest BCUT2D eigenvalue weighted by molar-refractivity contribution is -0.120. The molecule has 2 rings (SSSR count). The average molecular weight is 338 g/mol. The van der Waals surface area contributed by atoms with Gasteiger partial charge in [0, 0.05) is 17.5 Å². The molecule has 118 valence electrons. The van der Waals surface area contributed by atoms with E-state index in [9.17, 15) is 9.59 Å². The Bertz CT molecular complexity index is 644. The Hall–Kier alpha value is -1.77. The van der Waals surface area contributed by atoms with Gasteiger partial charge in [0.25, 0.3) is 5.91 Å². The molecule has 0 saturated heterocycles. The summed E-state index contributed by atoms with van der Waals surface area (Å²) in [5.74, 6) is -0.329. The van der Waals surface area contributed by atoms with E-state index in [0.29, 0.717) is 22.2 Å². The summed E-state index contributed by atoms with van der Waals surface area (Å²) in [6, 6.07) is 3.56. The van der Waals surface area contributed by atoms with Crippen molar-refractivity contribution in [3.8, 4) is 0 Å². The Morgan fingerprint density at radius 2 is 2.14 bits per heavy atom. The minimum absolute atomic E-state index is 0.139. The van der Waals surface area contributed by atoms with Crippen molar-refractivity contribution < 1.29 is 9.59 Å². The van der Waals surface area contributed by atoms with Crippen LogP contribution in [0.2, 0.25) is 0 Å². The van der Waals surface area contributed by atoms with Crippen LogP contribution in [0.1, 0.15) is 29.2 Å². The van der Waals surface area contributed by atoms with E-state index in [2.05, 4.69) is 15.6 Å². The monoisotopic (exact) mass is 338 g/mol. The highest BCUT2D eigenvalue weighted by Gasteiger charge is 2.14. The first-order chi connectivity index (χ1) is 10.3. The maximum absolute atomic E-state index is 11.9. The predicted molar refractivity (Wildman–Crippen MR) is 89.4 cm³/mol. The first-order valence-corrected chi connectivity index (χ1v) is 8.44. The molecule has 6 nitrogen and oxygen atoms in total. The van der Waals surface area contributed by atoms with E-state index in [4.69, 9.17) is 5.73 Å². The van der Waals surface area contributed by atoms with Gasteiger partial charge in [-0.2, -0.15) is 0 Å². The molecule has 0 spiro atoms. The number of amides is 2. The molecule has 2 aromatic rings. The van der Waals surface area contributed by atoms with Gasteiger partial charge >= 0.3 is 0 Å². The molecule has 22 heavy (non-hydrogen) atoms. The van der Waals surface area contributed by atoms with Crippen molar-refractivity contribution in [2.45, 2.75) is 25.8 Å². The van der Waals surface area contributed by atoms with E-state index in [1.165, 1.54) is 22.7 Å². The Morgan fingerprint density at radius 3 is 2.77 bits per heavy atom. The number of anilines is 1. The van der Waals surface area contributed by atoms with Crippen LogP contribution >= 0.6 is 22.7 Å². The zero-order chi connectivity index (χ0) is 16.2. The zero-order valence-electron chi connectivity index (χ0n) is 12.4. The van der Waals surface area contributed by atoms with Crippen LogP contribution in [0.5, 0.6) is 0 Å². The van der Waals surface area contributed by atoms with Gasteiger partial charge in [0.05, 0.1) is 17.0 Å². The van der Waals surface area contributed by atoms with Crippen molar-refractivity contribution in [1.29, 1.82) is 0 Å². The van der Waals surface area contributed by atoms with Crippen molar-refractivity contribution in [1.82, 2.24) is 10.3 Å². The number of thiophene rings is 1. The van der Waals surface area contributed by atoms with Crippen LogP contribution in [0.15, 0.2) is 22.9 Å². The summed E-state index contributed by atoms with van der Waals surface area (Å²) in [4.78, 5) is 28.6. The van der Waals surface area contributed by atoms with E-state index >= 15 is 0 Å². The Labute approximate surface area is 136 Å². The van der Waals surface area contributed by atoms with Gasteiger partial charge in [-0.3, -0.25) is 14.9 Å².